The second kappa shape index (κ2) is 15.6. The zero-order valence-corrected chi connectivity index (χ0v) is 28.6. The Morgan fingerprint density at radius 1 is 0.512 bits per heavy atom. The summed E-state index contributed by atoms with van der Waals surface area (Å²) in [4.78, 5) is 0. The minimum atomic E-state index is -0.679. The second-order valence-corrected chi connectivity index (χ2v) is 15.8. The Morgan fingerprint density at radius 3 is 1.30 bits per heavy atom. The van der Waals surface area contributed by atoms with Crippen molar-refractivity contribution in [3.05, 3.63) is 173 Å². The van der Waals surface area contributed by atoms with Crippen LogP contribution >= 0.6 is 15.8 Å². The molecule has 0 aliphatic carbocycles. The van der Waals surface area contributed by atoms with Gasteiger partial charge in [0.05, 0.1) is 0 Å². The van der Waals surface area contributed by atoms with Crippen LogP contribution in [0.2, 0.25) is 0 Å². The molecule has 0 radical (unpaired) electrons. The summed E-state index contributed by atoms with van der Waals surface area (Å²) in [5.74, 6) is 0. The average Bonchev–Trinajstić information content (AvgIpc) is 3.70. The van der Waals surface area contributed by atoms with Gasteiger partial charge in [0, 0.05) is 17.1 Å². The van der Waals surface area contributed by atoms with E-state index in [1.54, 1.807) is 0 Å². The summed E-state index contributed by atoms with van der Waals surface area (Å²) in [7, 11) is -1.24. The zero-order valence-electron chi connectivity index (χ0n) is 25.7. The molecular formula is C40H40FeP2-6. The van der Waals surface area contributed by atoms with Crippen LogP contribution in [0.25, 0.3) is 0 Å². The topological polar surface area (TPSA) is 0 Å². The average molecular weight is 639 g/mol. The quantitative estimate of drug-likeness (QED) is 0.0931. The minimum Gasteiger partial charge on any atom is -0.748 e. The van der Waals surface area contributed by atoms with E-state index in [0.717, 1.165) is 0 Å². The molecule has 0 N–H and O–H groups in total. The first kappa shape index (κ1) is 32.9. The Kier molecular flexibility index (Phi) is 11.9. The van der Waals surface area contributed by atoms with Crippen molar-refractivity contribution < 1.29 is 17.1 Å². The van der Waals surface area contributed by atoms with Gasteiger partial charge in [0.15, 0.2) is 0 Å². The van der Waals surface area contributed by atoms with E-state index >= 15 is 0 Å². The molecule has 6 aromatic carbocycles. The Labute approximate surface area is 271 Å². The van der Waals surface area contributed by atoms with Gasteiger partial charge in [-0.2, -0.15) is 11.6 Å². The van der Waals surface area contributed by atoms with Crippen LogP contribution in [0, 0.1) is 27.7 Å². The molecule has 0 bridgehead atoms. The van der Waals surface area contributed by atoms with Gasteiger partial charge in [0.2, 0.25) is 0 Å². The fourth-order valence-electron chi connectivity index (χ4n) is 5.80. The number of hydrogen-bond acceptors (Lipinski definition) is 0. The number of aryl methyl sites for hydroxylation is 4. The maximum Gasteiger partial charge on any atom is 0 e. The van der Waals surface area contributed by atoms with Gasteiger partial charge < -0.3 is 30.3 Å². The van der Waals surface area contributed by atoms with Crippen molar-refractivity contribution in [2.24, 2.45) is 0 Å². The maximum atomic E-state index is 2.45. The van der Waals surface area contributed by atoms with Crippen molar-refractivity contribution in [1.29, 1.82) is 0 Å². The normalized spacial score (nSPS) is 11.5. The van der Waals surface area contributed by atoms with E-state index in [0.29, 0.717) is 5.66 Å². The molecule has 0 spiro atoms. The molecule has 224 valence electrons. The Morgan fingerprint density at radius 2 is 0.907 bits per heavy atom. The number of benzene rings is 4. The van der Waals surface area contributed by atoms with E-state index in [9.17, 15) is 0 Å². The van der Waals surface area contributed by atoms with Crippen LogP contribution in [0.1, 0.15) is 40.4 Å². The standard InChI is InChI=1S/C35H35P2.C5H5.Fe/c1-25-19-26(2)22-32(21-25)37(33-23-27(3)20-28(4)24-33)35-18-12-17-34(35)29(5)36(30-13-8-6-9-14-30)31-15-10-7-11-16-31;1-2-4-5-3-1;/h6-24,29H,1-5H3;1-5H;/q-1;-5;. The van der Waals surface area contributed by atoms with E-state index in [1.807, 2.05) is 30.3 Å². The summed E-state index contributed by atoms with van der Waals surface area (Å²) in [5, 5.41) is 7.26. The van der Waals surface area contributed by atoms with E-state index in [-0.39, 0.29) is 17.1 Å². The zero-order chi connectivity index (χ0) is 29.5. The van der Waals surface area contributed by atoms with Gasteiger partial charge in [-0.25, -0.2) is 12.1 Å². The summed E-state index contributed by atoms with van der Waals surface area (Å²) in [6, 6.07) is 53.5. The minimum absolute atomic E-state index is 0. The van der Waals surface area contributed by atoms with Crippen LogP contribution < -0.4 is 26.5 Å². The van der Waals surface area contributed by atoms with Crippen LogP contribution in [0.5, 0.6) is 0 Å². The summed E-state index contributed by atoms with van der Waals surface area (Å²) >= 11 is 0. The van der Waals surface area contributed by atoms with Crippen molar-refractivity contribution in [2.75, 3.05) is 0 Å². The van der Waals surface area contributed by atoms with E-state index < -0.39 is 15.8 Å². The Balaban J connectivity index is 0.000000641. The Hall–Kier alpha value is -3.04. The molecule has 0 nitrogen and oxygen atoms in total. The predicted octanol–water partition coefficient (Wildman–Crippen LogP) is 8.99. The molecule has 0 aromatic heterocycles. The SMILES string of the molecule is Cc1cc(C)cc(P(c2cc(C)cc(C)c2)[c-]2cccc2C(C)P(c2ccccc2)c2ccccc2)c1.[Fe].[cH-]1[cH-][cH-][cH-][cH-]1. The molecule has 0 fully saturated rings. The molecule has 0 amide bonds. The van der Waals surface area contributed by atoms with Crippen molar-refractivity contribution >= 4 is 42.4 Å². The van der Waals surface area contributed by atoms with Gasteiger partial charge in [0.1, 0.15) is 0 Å². The van der Waals surface area contributed by atoms with Gasteiger partial charge in [-0.05, 0) is 62.5 Å². The van der Waals surface area contributed by atoms with Crippen molar-refractivity contribution in [3.8, 4) is 0 Å². The fourth-order valence-corrected chi connectivity index (χ4v) is 11.5. The van der Waals surface area contributed by atoms with Gasteiger partial charge in [-0.15, -0.1) is 5.30 Å². The number of rotatable bonds is 7. The molecule has 6 rings (SSSR count). The van der Waals surface area contributed by atoms with Crippen molar-refractivity contribution in [1.82, 2.24) is 0 Å². The molecule has 6 aromatic rings. The molecule has 0 saturated heterocycles. The summed E-state index contributed by atoms with van der Waals surface area (Å²) < 4.78 is 0. The van der Waals surface area contributed by atoms with Crippen LogP contribution in [-0.2, 0) is 17.1 Å². The molecular weight excluding hydrogens is 598 g/mol. The maximum absolute atomic E-state index is 2.45. The first-order valence-corrected chi connectivity index (χ1v) is 17.4. The largest absolute Gasteiger partial charge is 0.748 e. The predicted molar refractivity (Wildman–Crippen MR) is 189 cm³/mol. The van der Waals surface area contributed by atoms with Gasteiger partial charge >= 0.3 is 0 Å². The molecule has 0 saturated carbocycles. The smallest absolute Gasteiger partial charge is 0 e. The summed E-state index contributed by atoms with van der Waals surface area (Å²) in [6.07, 6.45) is 0. The number of hydrogen-bond donors (Lipinski definition) is 0. The van der Waals surface area contributed by atoms with E-state index in [2.05, 4.69) is 150 Å². The monoisotopic (exact) mass is 638 g/mol. The van der Waals surface area contributed by atoms with Crippen LogP contribution in [-0.4, -0.2) is 0 Å². The Bertz CT molecular complexity index is 1540. The first-order chi connectivity index (χ1) is 20.4. The summed E-state index contributed by atoms with van der Waals surface area (Å²) in [6.45, 7) is 11.4. The molecule has 0 heterocycles. The molecule has 43 heavy (non-hydrogen) atoms. The van der Waals surface area contributed by atoms with Crippen LogP contribution in [0.15, 0.2) is 146 Å². The third kappa shape index (κ3) is 8.32. The molecule has 0 aliphatic heterocycles. The van der Waals surface area contributed by atoms with E-state index in [1.165, 1.54) is 54.3 Å². The van der Waals surface area contributed by atoms with Crippen molar-refractivity contribution in [2.45, 2.75) is 40.3 Å². The third-order valence-electron chi connectivity index (χ3n) is 7.46. The van der Waals surface area contributed by atoms with Crippen LogP contribution in [0.3, 0.4) is 0 Å². The summed E-state index contributed by atoms with van der Waals surface area (Å²) in [5.41, 5.74) is 7.23. The molecule has 1 unspecified atom stereocenters. The fraction of sp³-hybridized carbons (Fsp3) is 0.150. The van der Waals surface area contributed by atoms with E-state index in [4.69, 9.17) is 0 Å². The van der Waals surface area contributed by atoms with Crippen LogP contribution in [0.4, 0.5) is 0 Å². The first-order valence-electron chi connectivity index (χ1n) is 14.7. The molecule has 3 heteroatoms. The molecule has 0 aliphatic rings. The van der Waals surface area contributed by atoms with Gasteiger partial charge in [-0.1, -0.05) is 134 Å². The van der Waals surface area contributed by atoms with Crippen molar-refractivity contribution in [3.63, 3.8) is 0 Å². The molecule has 1 atom stereocenters. The van der Waals surface area contributed by atoms with Gasteiger partial charge in [0.25, 0.3) is 0 Å². The third-order valence-corrected chi connectivity index (χ3v) is 12.7. The second-order valence-electron chi connectivity index (χ2n) is 11.1. The van der Waals surface area contributed by atoms with Gasteiger partial charge in [-0.3, -0.25) is 0 Å².